The third kappa shape index (κ3) is 7.18. The number of benzene rings is 1. The molecule has 3 rings (SSSR count). The molecule has 1 atom stereocenters. The molecule has 174 valence electrons. The van der Waals surface area contributed by atoms with Crippen molar-refractivity contribution in [2.75, 3.05) is 6.61 Å². The van der Waals surface area contributed by atoms with Crippen molar-refractivity contribution >= 4 is 23.3 Å². The van der Waals surface area contributed by atoms with E-state index in [4.69, 9.17) is 14.6 Å². The van der Waals surface area contributed by atoms with Crippen LogP contribution in [0.2, 0.25) is 0 Å². The fourth-order valence-electron chi connectivity index (χ4n) is 2.97. The first-order valence-electron chi connectivity index (χ1n) is 10.3. The van der Waals surface area contributed by atoms with Crippen LogP contribution in [0.1, 0.15) is 47.6 Å². The summed E-state index contributed by atoms with van der Waals surface area (Å²) in [6.45, 7) is 2.00. The number of ether oxygens (including phenoxy) is 2. The van der Waals surface area contributed by atoms with Crippen molar-refractivity contribution in [1.29, 1.82) is 0 Å². The Labute approximate surface area is 193 Å². The zero-order valence-corrected chi connectivity index (χ0v) is 18.8. The lowest BCUT2D eigenvalue weighted by atomic mass is 10.1. The largest absolute Gasteiger partial charge is 0.494 e. The monoisotopic (exact) mass is 472 g/mol. The zero-order valence-electron chi connectivity index (χ0n) is 17.9. The Kier molecular flexibility index (Phi) is 8.20. The van der Waals surface area contributed by atoms with Gasteiger partial charge in [-0.1, -0.05) is 36.5 Å². The molecule has 0 aliphatic rings. The number of aromatic hydroxyl groups is 1. The van der Waals surface area contributed by atoms with Gasteiger partial charge in [0.05, 0.1) is 23.4 Å². The highest BCUT2D eigenvalue weighted by Gasteiger charge is 2.20. The van der Waals surface area contributed by atoms with Gasteiger partial charge in [-0.2, -0.15) is 0 Å². The highest BCUT2D eigenvalue weighted by atomic mass is 32.1. The summed E-state index contributed by atoms with van der Waals surface area (Å²) in [5.41, 5.74) is 2.41. The van der Waals surface area contributed by atoms with Gasteiger partial charge in [0.15, 0.2) is 6.10 Å². The molecule has 2 aromatic heterocycles. The molecule has 0 radical (unpaired) electrons. The number of carbonyl (C=O) groups excluding carboxylic acids is 1. The lowest BCUT2D eigenvalue weighted by molar-refractivity contribution is -0.153. The first kappa shape index (κ1) is 24.0. The molecule has 9 nitrogen and oxygen atoms in total. The second-order valence-corrected chi connectivity index (χ2v) is 8.30. The SMILES string of the molecule is CCc1ccc([C@@H](COc2ccc(Cc3sc(=O)[nH]c3O)cc2)OC(=O)CCC(=O)O)nc1. The number of carboxylic acids is 1. The molecule has 10 heteroatoms. The summed E-state index contributed by atoms with van der Waals surface area (Å²) < 4.78 is 11.3. The van der Waals surface area contributed by atoms with Crippen LogP contribution in [0, 0.1) is 0 Å². The molecule has 0 spiro atoms. The maximum Gasteiger partial charge on any atom is 0.307 e. The van der Waals surface area contributed by atoms with Crippen molar-refractivity contribution in [2.24, 2.45) is 0 Å². The van der Waals surface area contributed by atoms with Gasteiger partial charge in [0.1, 0.15) is 12.4 Å². The number of aryl methyl sites for hydroxylation is 1. The second-order valence-electron chi connectivity index (χ2n) is 7.24. The van der Waals surface area contributed by atoms with E-state index in [1.807, 2.05) is 13.0 Å². The van der Waals surface area contributed by atoms with Crippen LogP contribution in [0.3, 0.4) is 0 Å². The van der Waals surface area contributed by atoms with Crippen LogP contribution in [0.15, 0.2) is 47.4 Å². The number of carbonyl (C=O) groups is 2. The third-order valence-electron chi connectivity index (χ3n) is 4.79. The number of aliphatic carboxylic acids is 1. The first-order valence-corrected chi connectivity index (χ1v) is 11.1. The normalized spacial score (nSPS) is 11.7. The summed E-state index contributed by atoms with van der Waals surface area (Å²) >= 11 is 0.955. The standard InChI is InChI=1S/C23H24N2O7S/c1-2-14-5-8-17(24-12-14)18(32-21(28)10-9-20(26)27)13-31-16-6-3-15(4-7-16)11-19-22(29)25-23(30)33-19/h3-8,12,18,29H,2,9-11,13H2,1H3,(H,25,30)(H,26,27)/t18-/m1/s1. The molecule has 0 aliphatic heterocycles. The van der Waals surface area contributed by atoms with Gasteiger partial charge in [-0.25, -0.2) is 0 Å². The Morgan fingerprint density at radius 1 is 1.12 bits per heavy atom. The van der Waals surface area contributed by atoms with E-state index in [9.17, 15) is 19.5 Å². The lowest BCUT2D eigenvalue weighted by Crippen LogP contribution is -2.19. The van der Waals surface area contributed by atoms with Gasteiger partial charge < -0.3 is 19.7 Å². The van der Waals surface area contributed by atoms with Crippen LogP contribution in [-0.4, -0.2) is 38.7 Å². The average Bonchev–Trinajstić information content (AvgIpc) is 3.12. The van der Waals surface area contributed by atoms with E-state index in [-0.39, 0.29) is 30.2 Å². The van der Waals surface area contributed by atoms with Gasteiger partial charge in [0, 0.05) is 12.6 Å². The molecule has 0 saturated carbocycles. The summed E-state index contributed by atoms with van der Waals surface area (Å²) in [6.07, 6.45) is 1.55. The van der Waals surface area contributed by atoms with E-state index in [0.29, 0.717) is 22.7 Å². The summed E-state index contributed by atoms with van der Waals surface area (Å²) in [5, 5.41) is 18.5. The minimum atomic E-state index is -1.08. The van der Waals surface area contributed by atoms with Crippen molar-refractivity contribution in [3.05, 3.63) is 74.0 Å². The number of pyridine rings is 1. The van der Waals surface area contributed by atoms with Crippen molar-refractivity contribution in [2.45, 2.75) is 38.7 Å². The quantitative estimate of drug-likeness (QED) is 0.362. The molecule has 3 N–H and O–H groups in total. The number of aromatic amines is 1. The van der Waals surface area contributed by atoms with Gasteiger partial charge in [-0.3, -0.25) is 24.4 Å². The number of nitrogens with zero attached hydrogens (tertiary/aromatic N) is 1. The van der Waals surface area contributed by atoms with Crippen LogP contribution < -0.4 is 9.61 Å². The van der Waals surface area contributed by atoms with E-state index in [2.05, 4.69) is 9.97 Å². The third-order valence-corrected chi connectivity index (χ3v) is 5.66. The zero-order chi connectivity index (χ0) is 23.8. The Bertz CT molecular complexity index is 1140. The molecule has 0 fully saturated rings. The molecular formula is C23H24N2O7S. The second kappa shape index (κ2) is 11.3. The van der Waals surface area contributed by atoms with Gasteiger partial charge >= 0.3 is 16.8 Å². The highest BCUT2D eigenvalue weighted by Crippen LogP contribution is 2.23. The molecule has 2 heterocycles. The van der Waals surface area contributed by atoms with Crippen LogP contribution >= 0.6 is 11.3 Å². The minimum Gasteiger partial charge on any atom is -0.494 e. The number of H-pyrrole nitrogens is 1. The van der Waals surface area contributed by atoms with Gasteiger partial charge in [0.2, 0.25) is 5.88 Å². The van der Waals surface area contributed by atoms with Crippen LogP contribution in [0.4, 0.5) is 0 Å². The van der Waals surface area contributed by atoms with Crippen molar-refractivity contribution in [3.8, 4) is 11.6 Å². The minimum absolute atomic E-state index is 0.00313. The molecule has 0 unspecified atom stereocenters. The molecule has 0 saturated heterocycles. The molecular weight excluding hydrogens is 448 g/mol. The van der Waals surface area contributed by atoms with E-state index >= 15 is 0 Å². The van der Waals surface area contributed by atoms with Gasteiger partial charge in [0.25, 0.3) is 0 Å². The van der Waals surface area contributed by atoms with Gasteiger partial charge in [-0.05, 0) is 35.7 Å². The van der Waals surface area contributed by atoms with Crippen LogP contribution in [-0.2, 0) is 27.2 Å². The van der Waals surface area contributed by atoms with Crippen LogP contribution in [0.25, 0.3) is 0 Å². The van der Waals surface area contributed by atoms with Crippen LogP contribution in [0.5, 0.6) is 11.6 Å². The van der Waals surface area contributed by atoms with E-state index in [0.717, 1.165) is 28.9 Å². The van der Waals surface area contributed by atoms with Gasteiger partial charge in [-0.15, -0.1) is 0 Å². The Morgan fingerprint density at radius 3 is 2.42 bits per heavy atom. The topological polar surface area (TPSA) is 139 Å². The number of thiazole rings is 1. The fourth-order valence-corrected chi connectivity index (χ4v) is 3.73. The molecule has 0 amide bonds. The maximum atomic E-state index is 12.1. The smallest absolute Gasteiger partial charge is 0.307 e. The molecule has 33 heavy (non-hydrogen) atoms. The van der Waals surface area contributed by atoms with E-state index in [1.165, 1.54) is 0 Å². The Balaban J connectivity index is 1.65. The Hall–Kier alpha value is -3.66. The fraction of sp³-hybridized carbons (Fsp3) is 0.304. The lowest BCUT2D eigenvalue weighted by Gasteiger charge is -2.18. The van der Waals surface area contributed by atoms with E-state index in [1.54, 1.807) is 36.5 Å². The predicted octanol–water partition coefficient (Wildman–Crippen LogP) is 3.22. The molecule has 1 aromatic carbocycles. The summed E-state index contributed by atoms with van der Waals surface area (Å²) in [4.78, 5) is 41.1. The Morgan fingerprint density at radius 2 is 1.85 bits per heavy atom. The van der Waals surface area contributed by atoms with Crippen molar-refractivity contribution < 1.29 is 29.3 Å². The number of hydrogen-bond donors (Lipinski definition) is 3. The van der Waals surface area contributed by atoms with Crippen molar-refractivity contribution in [3.63, 3.8) is 0 Å². The summed E-state index contributed by atoms with van der Waals surface area (Å²) in [6, 6.07) is 10.7. The number of hydrogen-bond acceptors (Lipinski definition) is 8. The number of aromatic nitrogens is 2. The molecule has 0 bridgehead atoms. The number of carboxylic acid groups (broad SMARTS) is 1. The average molecular weight is 473 g/mol. The maximum absolute atomic E-state index is 12.1. The van der Waals surface area contributed by atoms with E-state index < -0.39 is 18.0 Å². The highest BCUT2D eigenvalue weighted by molar-refractivity contribution is 7.09. The predicted molar refractivity (Wildman–Crippen MR) is 121 cm³/mol. The first-order chi connectivity index (χ1) is 15.8. The number of esters is 1. The molecule has 0 aliphatic carbocycles. The molecule has 3 aromatic rings. The van der Waals surface area contributed by atoms with Crippen molar-refractivity contribution in [1.82, 2.24) is 9.97 Å². The number of nitrogens with one attached hydrogen (secondary N) is 1. The number of rotatable bonds is 11. The summed E-state index contributed by atoms with van der Waals surface area (Å²) in [7, 11) is 0. The summed E-state index contributed by atoms with van der Waals surface area (Å²) in [5.74, 6) is -1.32.